The Labute approximate surface area is 198 Å². The Hall–Kier alpha value is -2.82. The molecule has 5 heteroatoms. The van der Waals surface area contributed by atoms with Gasteiger partial charge in [-0.2, -0.15) is 0 Å². The molecule has 180 valence electrons. The number of rotatable bonds is 10. The summed E-state index contributed by atoms with van der Waals surface area (Å²) in [5, 5.41) is 0. The lowest BCUT2D eigenvalue weighted by molar-refractivity contribution is -0.158. The largest absolute Gasteiger partial charge is 0.489 e. The summed E-state index contributed by atoms with van der Waals surface area (Å²) in [7, 11) is 0. The second-order valence-corrected chi connectivity index (χ2v) is 10.2. The Morgan fingerprint density at radius 1 is 0.879 bits per heavy atom. The van der Waals surface area contributed by atoms with E-state index in [2.05, 4.69) is 52.0 Å². The van der Waals surface area contributed by atoms with Crippen LogP contribution in [0.4, 0.5) is 0 Å². The number of carbonyl (C=O) groups excluding carboxylic acids is 2. The third-order valence-electron chi connectivity index (χ3n) is 5.17. The van der Waals surface area contributed by atoms with Gasteiger partial charge in [0, 0.05) is 0 Å². The van der Waals surface area contributed by atoms with Gasteiger partial charge < -0.3 is 14.2 Å². The molecule has 0 spiro atoms. The van der Waals surface area contributed by atoms with Crippen molar-refractivity contribution in [3.8, 4) is 5.75 Å². The lowest BCUT2D eigenvalue weighted by Crippen LogP contribution is -2.27. The normalized spacial score (nSPS) is 12.5. The quantitative estimate of drug-likeness (QED) is 0.381. The molecule has 2 aromatic carbocycles. The molecule has 0 aromatic heterocycles. The predicted molar refractivity (Wildman–Crippen MR) is 130 cm³/mol. The molecule has 0 aliphatic heterocycles. The molecule has 0 bridgehead atoms. The van der Waals surface area contributed by atoms with Gasteiger partial charge >= 0.3 is 11.9 Å². The Balaban J connectivity index is 1.87. The molecule has 33 heavy (non-hydrogen) atoms. The molecular weight excluding hydrogens is 416 g/mol. The van der Waals surface area contributed by atoms with Gasteiger partial charge in [-0.25, -0.2) is 9.59 Å². The van der Waals surface area contributed by atoms with Crippen LogP contribution in [0.1, 0.15) is 82.3 Å². The van der Waals surface area contributed by atoms with Crippen molar-refractivity contribution < 1.29 is 23.8 Å². The maximum atomic E-state index is 12.1. The van der Waals surface area contributed by atoms with Crippen LogP contribution in [0.2, 0.25) is 0 Å². The number of carbonyl (C=O) groups is 2. The van der Waals surface area contributed by atoms with E-state index in [1.54, 1.807) is 45.0 Å². The highest BCUT2D eigenvalue weighted by atomic mass is 16.6. The van der Waals surface area contributed by atoms with Crippen molar-refractivity contribution in [2.45, 2.75) is 73.0 Å². The smallest absolute Gasteiger partial charge is 0.344 e. The van der Waals surface area contributed by atoms with E-state index >= 15 is 0 Å². The molecule has 0 aliphatic rings. The summed E-state index contributed by atoms with van der Waals surface area (Å²) in [6.45, 7) is 14.4. The molecule has 0 fully saturated rings. The fourth-order valence-corrected chi connectivity index (χ4v) is 3.59. The highest BCUT2D eigenvalue weighted by Gasteiger charge is 2.19. The van der Waals surface area contributed by atoms with Crippen LogP contribution in [0.3, 0.4) is 0 Å². The third kappa shape index (κ3) is 9.29. The average molecular weight is 455 g/mol. The first-order valence-electron chi connectivity index (χ1n) is 11.6. The zero-order chi connectivity index (χ0) is 24.6. The van der Waals surface area contributed by atoms with Gasteiger partial charge in [0.05, 0.1) is 5.56 Å². The lowest BCUT2D eigenvalue weighted by Gasteiger charge is -2.23. The lowest BCUT2D eigenvalue weighted by atomic mass is 9.82. The second-order valence-electron chi connectivity index (χ2n) is 10.2. The average Bonchev–Trinajstić information content (AvgIpc) is 2.73. The molecule has 0 saturated heterocycles. The van der Waals surface area contributed by atoms with E-state index in [4.69, 9.17) is 14.2 Å². The van der Waals surface area contributed by atoms with Gasteiger partial charge in [-0.3, -0.25) is 0 Å². The molecule has 0 radical (unpaired) electrons. The van der Waals surface area contributed by atoms with Crippen molar-refractivity contribution >= 4 is 11.9 Å². The highest BCUT2D eigenvalue weighted by molar-refractivity contribution is 5.90. The second kappa shape index (κ2) is 11.9. The summed E-state index contributed by atoms with van der Waals surface area (Å²) in [5.41, 5.74) is 2.19. The minimum absolute atomic E-state index is 0.347. The third-order valence-corrected chi connectivity index (χ3v) is 5.17. The topological polar surface area (TPSA) is 61.8 Å². The van der Waals surface area contributed by atoms with Crippen molar-refractivity contribution in [1.82, 2.24) is 0 Å². The van der Waals surface area contributed by atoms with Crippen molar-refractivity contribution in [3.63, 3.8) is 0 Å². The summed E-state index contributed by atoms with van der Waals surface area (Å²) in [6.07, 6.45) is 1.18. The van der Waals surface area contributed by atoms with E-state index in [1.165, 1.54) is 12.0 Å². The molecule has 0 amide bonds. The Morgan fingerprint density at radius 3 is 2.00 bits per heavy atom. The first kappa shape index (κ1) is 26.4. The number of esters is 2. The predicted octanol–water partition coefficient (Wildman–Crippen LogP) is 6.55. The van der Waals surface area contributed by atoms with Gasteiger partial charge in [-0.1, -0.05) is 52.0 Å². The Bertz CT molecular complexity index is 889. The molecule has 0 aliphatic carbocycles. The van der Waals surface area contributed by atoms with E-state index in [-0.39, 0.29) is 0 Å². The molecule has 0 heterocycles. The van der Waals surface area contributed by atoms with E-state index in [9.17, 15) is 9.59 Å². The van der Waals surface area contributed by atoms with Gasteiger partial charge in [0.15, 0.2) is 6.61 Å². The van der Waals surface area contributed by atoms with Crippen LogP contribution in [-0.4, -0.2) is 24.1 Å². The fraction of sp³-hybridized carbons (Fsp3) is 0.500. The highest BCUT2D eigenvalue weighted by Crippen LogP contribution is 2.31. The van der Waals surface area contributed by atoms with Crippen LogP contribution in [0.5, 0.6) is 5.75 Å². The number of benzene rings is 2. The molecular formula is C28H38O5. The van der Waals surface area contributed by atoms with Crippen molar-refractivity contribution in [2.24, 2.45) is 11.8 Å². The van der Waals surface area contributed by atoms with Gasteiger partial charge in [0.1, 0.15) is 18.0 Å². The number of hydrogen-bond donors (Lipinski definition) is 0. The SMILES string of the molecule is CC(C)CC(c1ccc(COc2ccc(C(=O)OCC(=O)OC(C)(C)C)cc2)cc1)C(C)C. The summed E-state index contributed by atoms with van der Waals surface area (Å²) < 4.78 is 16.0. The molecule has 2 aromatic rings. The molecule has 0 N–H and O–H groups in total. The van der Waals surface area contributed by atoms with Gasteiger partial charge in [0.25, 0.3) is 0 Å². The van der Waals surface area contributed by atoms with E-state index in [1.807, 2.05) is 0 Å². The molecule has 0 saturated carbocycles. The Morgan fingerprint density at radius 2 is 1.48 bits per heavy atom. The van der Waals surface area contributed by atoms with Crippen LogP contribution in [0, 0.1) is 11.8 Å². The van der Waals surface area contributed by atoms with Gasteiger partial charge in [0.2, 0.25) is 0 Å². The Kier molecular flexibility index (Phi) is 9.51. The van der Waals surface area contributed by atoms with Crippen LogP contribution in [-0.2, 0) is 20.9 Å². The summed E-state index contributed by atoms with van der Waals surface area (Å²) >= 11 is 0. The van der Waals surface area contributed by atoms with Crippen LogP contribution < -0.4 is 4.74 Å². The van der Waals surface area contributed by atoms with E-state index < -0.39 is 24.1 Å². The first-order chi connectivity index (χ1) is 15.4. The van der Waals surface area contributed by atoms with Crippen molar-refractivity contribution in [2.75, 3.05) is 6.61 Å². The van der Waals surface area contributed by atoms with Gasteiger partial charge in [-0.05, 0) is 80.3 Å². The summed E-state index contributed by atoms with van der Waals surface area (Å²) in [4.78, 5) is 23.8. The van der Waals surface area contributed by atoms with Crippen molar-refractivity contribution in [1.29, 1.82) is 0 Å². The van der Waals surface area contributed by atoms with Crippen LogP contribution in [0.25, 0.3) is 0 Å². The maximum absolute atomic E-state index is 12.1. The molecule has 2 rings (SSSR count). The maximum Gasteiger partial charge on any atom is 0.344 e. The zero-order valence-electron chi connectivity index (χ0n) is 21.0. The zero-order valence-corrected chi connectivity index (χ0v) is 21.0. The van der Waals surface area contributed by atoms with E-state index in [0.717, 1.165) is 5.56 Å². The monoisotopic (exact) mass is 454 g/mol. The molecule has 1 unspecified atom stereocenters. The van der Waals surface area contributed by atoms with Crippen molar-refractivity contribution in [3.05, 3.63) is 65.2 Å². The van der Waals surface area contributed by atoms with Crippen LogP contribution >= 0.6 is 0 Å². The molecule has 5 nitrogen and oxygen atoms in total. The fourth-order valence-electron chi connectivity index (χ4n) is 3.59. The standard InChI is InChI=1S/C28H38O5/c1-19(2)16-25(20(3)4)22-10-8-21(9-11-22)17-31-24-14-12-23(13-15-24)27(30)32-18-26(29)33-28(5,6)7/h8-15,19-20,25H,16-18H2,1-7H3. The van der Waals surface area contributed by atoms with Gasteiger partial charge in [-0.15, -0.1) is 0 Å². The summed E-state index contributed by atoms with van der Waals surface area (Å²) in [5.74, 6) is 1.32. The van der Waals surface area contributed by atoms with Crippen LogP contribution in [0.15, 0.2) is 48.5 Å². The first-order valence-corrected chi connectivity index (χ1v) is 11.6. The van der Waals surface area contributed by atoms with E-state index in [0.29, 0.717) is 35.7 Å². The minimum atomic E-state index is -0.618. The number of hydrogen-bond acceptors (Lipinski definition) is 5. The molecule has 1 atom stereocenters. The summed E-state index contributed by atoms with van der Waals surface area (Å²) in [6, 6.07) is 15.3. The minimum Gasteiger partial charge on any atom is -0.489 e. The number of ether oxygens (including phenoxy) is 3.